The van der Waals surface area contributed by atoms with E-state index in [2.05, 4.69) is 10.3 Å². The van der Waals surface area contributed by atoms with Crippen LogP contribution < -0.4 is 16.0 Å². The Morgan fingerprint density at radius 3 is 3.06 bits per heavy atom. The number of anilines is 1. The van der Waals surface area contributed by atoms with Crippen LogP contribution >= 0.6 is 12.2 Å². The molecular weight excluding hydrogens is 248 g/mol. The third kappa shape index (κ3) is 2.15. The molecule has 1 aliphatic heterocycles. The van der Waals surface area contributed by atoms with Crippen molar-refractivity contribution in [1.29, 1.82) is 0 Å². The molecule has 6 heteroatoms. The fourth-order valence-corrected chi connectivity index (χ4v) is 2.39. The number of nitrogens with zero attached hydrogens (tertiary/aromatic N) is 2. The average Bonchev–Trinajstić information content (AvgIpc) is 2.32. The molecule has 1 unspecified atom stereocenters. The Morgan fingerprint density at radius 1 is 1.67 bits per heavy atom. The van der Waals surface area contributed by atoms with E-state index in [4.69, 9.17) is 18.0 Å². The third-order valence-electron chi connectivity index (χ3n) is 3.16. The zero-order valence-electron chi connectivity index (χ0n) is 10.4. The van der Waals surface area contributed by atoms with Gasteiger partial charge < -0.3 is 16.0 Å². The van der Waals surface area contributed by atoms with Crippen molar-refractivity contribution < 1.29 is 4.79 Å². The summed E-state index contributed by atoms with van der Waals surface area (Å²) >= 11 is 5.09. The Balaban J connectivity index is 2.47. The number of rotatable bonds is 2. The van der Waals surface area contributed by atoms with Crippen LogP contribution in [-0.4, -0.2) is 35.0 Å². The van der Waals surface area contributed by atoms with Crippen molar-refractivity contribution >= 4 is 28.9 Å². The van der Waals surface area contributed by atoms with Crippen LogP contribution in [0.15, 0.2) is 12.3 Å². The molecule has 2 heterocycles. The molecule has 96 valence electrons. The Bertz CT molecular complexity index is 503. The predicted octanol–water partition coefficient (Wildman–Crippen LogP) is 0.349. The van der Waals surface area contributed by atoms with Crippen molar-refractivity contribution in [2.75, 3.05) is 18.0 Å². The molecule has 0 bridgehead atoms. The number of thiocarbonyl (C=S) groups is 1. The molecule has 1 aliphatic rings. The molecule has 1 saturated heterocycles. The van der Waals surface area contributed by atoms with E-state index in [0.717, 1.165) is 11.1 Å². The second-order valence-electron chi connectivity index (χ2n) is 4.35. The first kappa shape index (κ1) is 12.8. The minimum atomic E-state index is -0.263. The minimum Gasteiger partial charge on any atom is -0.389 e. The van der Waals surface area contributed by atoms with Gasteiger partial charge in [0.1, 0.15) is 16.8 Å². The first-order valence-corrected chi connectivity index (χ1v) is 6.23. The van der Waals surface area contributed by atoms with E-state index in [1.54, 1.807) is 6.20 Å². The van der Waals surface area contributed by atoms with Gasteiger partial charge in [-0.05, 0) is 25.5 Å². The maximum Gasteiger partial charge on any atom is 0.242 e. The van der Waals surface area contributed by atoms with Gasteiger partial charge in [-0.3, -0.25) is 4.79 Å². The molecular formula is C12H16N4OS. The van der Waals surface area contributed by atoms with Crippen LogP contribution in [0.5, 0.6) is 0 Å². The van der Waals surface area contributed by atoms with Crippen LogP contribution in [0.1, 0.15) is 18.1 Å². The maximum atomic E-state index is 11.7. The highest BCUT2D eigenvalue weighted by atomic mass is 32.1. The Kier molecular flexibility index (Phi) is 3.47. The largest absolute Gasteiger partial charge is 0.389 e. The molecule has 5 nitrogen and oxygen atoms in total. The first-order chi connectivity index (χ1) is 8.52. The standard InChI is InChI=1S/C12H16N4OS/c1-7-3-4-14-11(9(7)10(13)18)16-6-5-15-12(17)8(16)2/h3-4,8H,5-6H2,1-2H3,(H2,13,18)(H,15,17). The van der Waals surface area contributed by atoms with Crippen molar-refractivity contribution in [2.24, 2.45) is 5.73 Å². The number of amides is 1. The number of aryl methyl sites for hydroxylation is 1. The van der Waals surface area contributed by atoms with E-state index < -0.39 is 0 Å². The lowest BCUT2D eigenvalue weighted by atomic mass is 10.1. The summed E-state index contributed by atoms with van der Waals surface area (Å²) in [6.07, 6.45) is 1.71. The molecule has 0 aromatic carbocycles. The van der Waals surface area contributed by atoms with E-state index in [1.165, 1.54) is 0 Å². The number of hydrogen-bond donors (Lipinski definition) is 2. The first-order valence-electron chi connectivity index (χ1n) is 5.82. The summed E-state index contributed by atoms with van der Waals surface area (Å²) in [5, 5.41) is 2.82. The average molecular weight is 264 g/mol. The van der Waals surface area contributed by atoms with E-state index in [0.29, 0.717) is 23.9 Å². The monoisotopic (exact) mass is 264 g/mol. The second kappa shape index (κ2) is 4.89. The van der Waals surface area contributed by atoms with Crippen LogP contribution in [0.4, 0.5) is 5.82 Å². The summed E-state index contributed by atoms with van der Waals surface area (Å²) < 4.78 is 0. The normalized spacial score (nSPS) is 19.6. The molecule has 1 aromatic rings. The third-order valence-corrected chi connectivity index (χ3v) is 3.36. The molecule has 0 saturated carbocycles. The zero-order chi connectivity index (χ0) is 13.3. The number of pyridine rings is 1. The van der Waals surface area contributed by atoms with Crippen LogP contribution in [0, 0.1) is 6.92 Å². The van der Waals surface area contributed by atoms with Crippen molar-refractivity contribution in [3.05, 3.63) is 23.4 Å². The van der Waals surface area contributed by atoms with Gasteiger partial charge >= 0.3 is 0 Å². The summed E-state index contributed by atoms with van der Waals surface area (Å²) in [5.41, 5.74) is 7.50. The van der Waals surface area contributed by atoms with Gasteiger partial charge in [-0.25, -0.2) is 4.98 Å². The van der Waals surface area contributed by atoms with Crippen molar-refractivity contribution in [1.82, 2.24) is 10.3 Å². The predicted molar refractivity (Wildman–Crippen MR) is 74.7 cm³/mol. The van der Waals surface area contributed by atoms with E-state index in [-0.39, 0.29) is 11.9 Å². The van der Waals surface area contributed by atoms with Gasteiger partial charge in [-0.15, -0.1) is 0 Å². The lowest BCUT2D eigenvalue weighted by molar-refractivity contribution is -0.122. The summed E-state index contributed by atoms with van der Waals surface area (Å²) in [4.78, 5) is 18.3. The Labute approximate surface area is 111 Å². The van der Waals surface area contributed by atoms with Crippen LogP contribution in [-0.2, 0) is 4.79 Å². The molecule has 1 fully saturated rings. The summed E-state index contributed by atoms with van der Waals surface area (Å²) in [7, 11) is 0. The van der Waals surface area contributed by atoms with Crippen LogP contribution in [0.25, 0.3) is 0 Å². The van der Waals surface area contributed by atoms with Crippen LogP contribution in [0.2, 0.25) is 0 Å². The van der Waals surface area contributed by atoms with Gasteiger partial charge in [0.25, 0.3) is 0 Å². The molecule has 1 atom stereocenters. The number of piperazine rings is 1. The summed E-state index contributed by atoms with van der Waals surface area (Å²) in [6, 6.07) is 1.60. The minimum absolute atomic E-state index is 0.00144. The van der Waals surface area contributed by atoms with E-state index >= 15 is 0 Å². The van der Waals surface area contributed by atoms with Gasteiger partial charge in [-0.1, -0.05) is 12.2 Å². The molecule has 2 rings (SSSR count). The van der Waals surface area contributed by atoms with Crippen molar-refractivity contribution in [3.8, 4) is 0 Å². The molecule has 1 amide bonds. The molecule has 18 heavy (non-hydrogen) atoms. The fourth-order valence-electron chi connectivity index (χ4n) is 2.14. The number of nitrogens with one attached hydrogen (secondary N) is 1. The summed E-state index contributed by atoms with van der Waals surface area (Å²) in [6.45, 7) is 5.10. The van der Waals surface area contributed by atoms with Gasteiger partial charge in [-0.2, -0.15) is 0 Å². The highest BCUT2D eigenvalue weighted by Gasteiger charge is 2.28. The molecule has 3 N–H and O–H groups in total. The van der Waals surface area contributed by atoms with E-state index in [1.807, 2.05) is 24.8 Å². The van der Waals surface area contributed by atoms with Gasteiger partial charge in [0.2, 0.25) is 5.91 Å². The fraction of sp³-hybridized carbons (Fsp3) is 0.417. The SMILES string of the molecule is Cc1ccnc(N2CCNC(=O)C2C)c1C(N)=S. The van der Waals surface area contributed by atoms with Gasteiger partial charge in [0.05, 0.1) is 5.56 Å². The van der Waals surface area contributed by atoms with Crippen LogP contribution in [0.3, 0.4) is 0 Å². The Hall–Kier alpha value is -1.69. The van der Waals surface area contributed by atoms with Gasteiger partial charge in [0.15, 0.2) is 0 Å². The second-order valence-corrected chi connectivity index (χ2v) is 4.79. The molecule has 0 radical (unpaired) electrons. The lowest BCUT2D eigenvalue weighted by Crippen LogP contribution is -2.54. The number of aromatic nitrogens is 1. The topological polar surface area (TPSA) is 71.2 Å². The quantitative estimate of drug-likeness (QED) is 0.754. The van der Waals surface area contributed by atoms with E-state index in [9.17, 15) is 4.79 Å². The smallest absolute Gasteiger partial charge is 0.242 e. The zero-order valence-corrected chi connectivity index (χ0v) is 11.3. The molecule has 0 spiro atoms. The summed E-state index contributed by atoms with van der Waals surface area (Å²) in [5.74, 6) is 0.697. The highest BCUT2D eigenvalue weighted by Crippen LogP contribution is 2.23. The van der Waals surface area contributed by atoms with Crippen molar-refractivity contribution in [2.45, 2.75) is 19.9 Å². The van der Waals surface area contributed by atoms with Gasteiger partial charge in [0, 0.05) is 19.3 Å². The lowest BCUT2D eigenvalue weighted by Gasteiger charge is -2.35. The highest BCUT2D eigenvalue weighted by molar-refractivity contribution is 7.80. The van der Waals surface area contributed by atoms with Crippen molar-refractivity contribution in [3.63, 3.8) is 0 Å². The molecule has 1 aromatic heterocycles. The number of nitrogens with two attached hydrogens (primary N) is 1. The number of carbonyl (C=O) groups is 1. The number of carbonyl (C=O) groups excluding carboxylic acids is 1. The maximum absolute atomic E-state index is 11.7. The molecule has 0 aliphatic carbocycles. The number of hydrogen-bond acceptors (Lipinski definition) is 4. The Morgan fingerprint density at radius 2 is 2.39 bits per heavy atom.